The molecule has 1 heterocycles. The fourth-order valence-corrected chi connectivity index (χ4v) is 1.81. The topological polar surface area (TPSA) is 24.9 Å². The van der Waals surface area contributed by atoms with Gasteiger partial charge in [-0.1, -0.05) is 11.6 Å². The molecule has 1 rings (SSSR count). The second-order valence-corrected chi connectivity index (χ2v) is 3.44. The lowest BCUT2D eigenvalue weighted by molar-refractivity contribution is 1.21. The summed E-state index contributed by atoms with van der Waals surface area (Å²) in [6.45, 7) is 4.87. The molecule has 1 N–H and O–H groups in total. The summed E-state index contributed by atoms with van der Waals surface area (Å²) < 4.78 is 0. The van der Waals surface area contributed by atoms with Crippen LogP contribution in [0.2, 0.25) is 5.15 Å². The van der Waals surface area contributed by atoms with Crippen molar-refractivity contribution >= 4 is 27.9 Å². The van der Waals surface area contributed by atoms with Crippen molar-refractivity contribution in [3.05, 3.63) is 10.2 Å². The van der Waals surface area contributed by atoms with Crippen molar-refractivity contribution in [2.24, 2.45) is 0 Å². The zero-order valence-electron chi connectivity index (χ0n) is 5.94. The molecule has 0 unspecified atom stereocenters. The van der Waals surface area contributed by atoms with Crippen molar-refractivity contribution in [2.45, 2.75) is 13.8 Å². The molecule has 0 saturated carbocycles. The van der Waals surface area contributed by atoms with E-state index in [2.05, 4.69) is 10.3 Å². The summed E-state index contributed by atoms with van der Waals surface area (Å²) in [5.41, 5.74) is 0. The minimum Gasteiger partial charge on any atom is -0.375 e. The maximum atomic E-state index is 5.76. The van der Waals surface area contributed by atoms with E-state index in [1.54, 1.807) is 11.3 Å². The molecule has 2 nitrogen and oxygen atoms in total. The van der Waals surface area contributed by atoms with Crippen molar-refractivity contribution in [2.75, 3.05) is 11.9 Å². The van der Waals surface area contributed by atoms with E-state index in [9.17, 15) is 0 Å². The molecule has 0 spiro atoms. The number of halogens is 1. The lowest BCUT2D eigenvalue weighted by Crippen LogP contribution is -1.93. The minimum absolute atomic E-state index is 0.587. The fraction of sp³-hybridized carbons (Fsp3) is 0.500. The Kier molecular flexibility index (Phi) is 2.51. The molecule has 0 aliphatic rings. The summed E-state index contributed by atoms with van der Waals surface area (Å²) in [7, 11) is 0. The first-order chi connectivity index (χ1) is 4.74. The predicted molar refractivity (Wildman–Crippen MR) is 46.0 cm³/mol. The highest BCUT2D eigenvalue weighted by atomic mass is 35.5. The normalized spacial score (nSPS) is 9.90. The third-order valence-corrected chi connectivity index (χ3v) is 2.34. The van der Waals surface area contributed by atoms with Gasteiger partial charge in [-0.3, -0.25) is 0 Å². The zero-order valence-corrected chi connectivity index (χ0v) is 7.51. The third kappa shape index (κ3) is 1.61. The molecule has 56 valence electrons. The van der Waals surface area contributed by atoms with Crippen LogP contribution in [0.3, 0.4) is 0 Å². The average molecular weight is 177 g/mol. The van der Waals surface area contributed by atoms with Gasteiger partial charge in [0.15, 0.2) is 5.15 Å². The van der Waals surface area contributed by atoms with Gasteiger partial charge < -0.3 is 5.32 Å². The highest BCUT2D eigenvalue weighted by Crippen LogP contribution is 2.27. The van der Waals surface area contributed by atoms with E-state index >= 15 is 0 Å². The highest BCUT2D eigenvalue weighted by Gasteiger charge is 2.03. The van der Waals surface area contributed by atoms with E-state index in [-0.39, 0.29) is 0 Å². The van der Waals surface area contributed by atoms with Crippen LogP contribution >= 0.6 is 22.9 Å². The van der Waals surface area contributed by atoms with Crippen LogP contribution < -0.4 is 5.32 Å². The van der Waals surface area contributed by atoms with E-state index in [0.29, 0.717) is 5.15 Å². The largest absolute Gasteiger partial charge is 0.375 e. The number of nitrogens with zero attached hydrogens (tertiary/aromatic N) is 1. The minimum atomic E-state index is 0.587. The van der Waals surface area contributed by atoms with Crippen molar-refractivity contribution in [3.8, 4) is 0 Å². The molecule has 0 amide bonds. The van der Waals surface area contributed by atoms with Crippen LogP contribution in [0.15, 0.2) is 0 Å². The Morgan fingerprint density at radius 3 is 2.80 bits per heavy atom. The van der Waals surface area contributed by atoms with Gasteiger partial charge in [0.1, 0.15) is 5.00 Å². The Labute approximate surface area is 69.2 Å². The number of nitrogens with one attached hydrogen (secondary N) is 1. The number of rotatable bonds is 2. The molecule has 10 heavy (non-hydrogen) atoms. The maximum Gasteiger partial charge on any atom is 0.163 e. The highest BCUT2D eigenvalue weighted by molar-refractivity contribution is 7.16. The molecule has 0 atom stereocenters. The van der Waals surface area contributed by atoms with Crippen molar-refractivity contribution in [1.29, 1.82) is 0 Å². The number of anilines is 1. The van der Waals surface area contributed by atoms with Gasteiger partial charge in [-0.05, 0) is 13.8 Å². The van der Waals surface area contributed by atoms with Crippen LogP contribution in [0.1, 0.15) is 11.9 Å². The monoisotopic (exact) mass is 176 g/mol. The van der Waals surface area contributed by atoms with Crippen LogP contribution in [0.5, 0.6) is 0 Å². The Morgan fingerprint density at radius 2 is 2.40 bits per heavy atom. The van der Waals surface area contributed by atoms with E-state index < -0.39 is 0 Å². The van der Waals surface area contributed by atoms with Crippen molar-refractivity contribution in [3.63, 3.8) is 0 Å². The SMILES string of the molecule is CCNc1sc(C)nc1Cl. The van der Waals surface area contributed by atoms with Crippen LogP contribution in [0.4, 0.5) is 5.00 Å². The Balaban J connectivity index is 2.81. The van der Waals surface area contributed by atoms with Crippen LogP contribution in [0.25, 0.3) is 0 Å². The van der Waals surface area contributed by atoms with E-state index in [1.807, 2.05) is 13.8 Å². The van der Waals surface area contributed by atoms with Crippen LogP contribution in [-0.4, -0.2) is 11.5 Å². The van der Waals surface area contributed by atoms with E-state index in [0.717, 1.165) is 16.6 Å². The molecule has 0 aromatic carbocycles. The number of thiazole rings is 1. The Bertz CT molecular complexity index is 222. The zero-order chi connectivity index (χ0) is 7.56. The molecular weight excluding hydrogens is 168 g/mol. The smallest absolute Gasteiger partial charge is 0.163 e. The summed E-state index contributed by atoms with van der Waals surface area (Å²) in [6, 6.07) is 0. The van der Waals surface area contributed by atoms with Crippen molar-refractivity contribution in [1.82, 2.24) is 4.98 Å². The lowest BCUT2D eigenvalue weighted by atomic mass is 10.7. The van der Waals surface area contributed by atoms with Gasteiger partial charge in [0.2, 0.25) is 0 Å². The van der Waals surface area contributed by atoms with Gasteiger partial charge in [-0.2, -0.15) is 0 Å². The molecule has 1 aromatic heterocycles. The Morgan fingerprint density at radius 1 is 1.70 bits per heavy atom. The average Bonchev–Trinajstić information content (AvgIpc) is 2.13. The molecule has 0 fully saturated rings. The number of hydrogen-bond donors (Lipinski definition) is 1. The van der Waals surface area contributed by atoms with E-state index in [4.69, 9.17) is 11.6 Å². The quantitative estimate of drug-likeness (QED) is 0.749. The standard InChI is InChI=1S/C6H9ClN2S/c1-3-8-6-5(7)9-4(2)10-6/h8H,3H2,1-2H3. The van der Waals surface area contributed by atoms with Gasteiger partial charge in [0.25, 0.3) is 0 Å². The summed E-state index contributed by atoms with van der Waals surface area (Å²) >= 11 is 7.35. The molecule has 0 radical (unpaired) electrons. The second kappa shape index (κ2) is 3.21. The second-order valence-electron chi connectivity index (χ2n) is 1.88. The van der Waals surface area contributed by atoms with Gasteiger partial charge in [0, 0.05) is 6.54 Å². The molecule has 0 aliphatic carbocycles. The number of aromatic nitrogens is 1. The van der Waals surface area contributed by atoms with Crippen LogP contribution in [0, 0.1) is 6.92 Å². The summed E-state index contributed by atoms with van der Waals surface area (Å²) in [5.74, 6) is 0. The first-order valence-corrected chi connectivity index (χ1v) is 4.30. The third-order valence-electron chi connectivity index (χ3n) is 1.03. The molecule has 1 aromatic rings. The molecular formula is C6H9ClN2S. The molecule has 0 saturated heterocycles. The van der Waals surface area contributed by atoms with Crippen molar-refractivity contribution < 1.29 is 0 Å². The van der Waals surface area contributed by atoms with Gasteiger partial charge in [0.05, 0.1) is 5.01 Å². The maximum absolute atomic E-state index is 5.76. The predicted octanol–water partition coefficient (Wildman–Crippen LogP) is 2.54. The first kappa shape index (κ1) is 7.82. The Hall–Kier alpha value is -0.280. The van der Waals surface area contributed by atoms with Crippen LogP contribution in [-0.2, 0) is 0 Å². The summed E-state index contributed by atoms with van der Waals surface area (Å²) in [6.07, 6.45) is 0. The molecule has 0 aliphatic heterocycles. The van der Waals surface area contributed by atoms with E-state index in [1.165, 1.54) is 0 Å². The molecule has 0 bridgehead atoms. The lowest BCUT2D eigenvalue weighted by Gasteiger charge is -1.95. The number of aryl methyl sites for hydroxylation is 1. The summed E-state index contributed by atoms with van der Waals surface area (Å²) in [5, 5.41) is 5.68. The number of hydrogen-bond acceptors (Lipinski definition) is 3. The van der Waals surface area contributed by atoms with Gasteiger partial charge in [-0.15, -0.1) is 11.3 Å². The fourth-order valence-electron chi connectivity index (χ4n) is 0.671. The van der Waals surface area contributed by atoms with Gasteiger partial charge in [-0.25, -0.2) is 4.98 Å². The summed E-state index contributed by atoms with van der Waals surface area (Å²) in [4.78, 5) is 4.05. The van der Waals surface area contributed by atoms with Gasteiger partial charge >= 0.3 is 0 Å². The first-order valence-electron chi connectivity index (χ1n) is 3.11. The molecule has 4 heteroatoms.